The molecule has 1 aromatic rings. The Balaban J connectivity index is 2.50. The highest BCUT2D eigenvalue weighted by Gasteiger charge is 2.05. The molecule has 0 fully saturated rings. The first-order chi connectivity index (χ1) is 9.05. The molecule has 0 unspecified atom stereocenters. The van der Waals surface area contributed by atoms with Gasteiger partial charge in [0.05, 0.1) is 6.10 Å². The predicted octanol–water partition coefficient (Wildman–Crippen LogP) is 3.95. The van der Waals surface area contributed by atoms with E-state index in [9.17, 15) is 0 Å². The molecule has 3 nitrogen and oxygen atoms in total. The second-order valence-corrected chi connectivity index (χ2v) is 5.21. The van der Waals surface area contributed by atoms with Gasteiger partial charge in [-0.3, -0.25) is 0 Å². The largest absolute Gasteiger partial charge is 0.491 e. The van der Waals surface area contributed by atoms with Crippen LogP contribution in [0.25, 0.3) is 0 Å². The fourth-order valence-corrected chi connectivity index (χ4v) is 2.02. The molecule has 0 heterocycles. The van der Waals surface area contributed by atoms with Gasteiger partial charge in [-0.15, -0.1) is 0 Å². The van der Waals surface area contributed by atoms with Crippen molar-refractivity contribution in [3.8, 4) is 5.75 Å². The molecule has 4 heteroatoms. The lowest BCUT2D eigenvalue weighted by Crippen LogP contribution is -2.36. The van der Waals surface area contributed by atoms with Crippen molar-refractivity contribution in [2.45, 2.75) is 52.7 Å². The molecular formula is C15H24N2OS. The summed E-state index contributed by atoms with van der Waals surface area (Å²) in [6, 6.07) is 8.27. The van der Waals surface area contributed by atoms with Crippen LogP contribution in [-0.2, 0) is 0 Å². The average Bonchev–Trinajstić information content (AvgIpc) is 2.37. The van der Waals surface area contributed by atoms with Crippen molar-refractivity contribution in [3.05, 3.63) is 24.3 Å². The highest BCUT2D eigenvalue weighted by atomic mass is 32.1. The number of rotatable bonds is 6. The topological polar surface area (TPSA) is 33.3 Å². The van der Waals surface area contributed by atoms with Crippen LogP contribution in [0.3, 0.4) is 0 Å². The molecule has 19 heavy (non-hydrogen) atoms. The summed E-state index contributed by atoms with van der Waals surface area (Å²) in [6.45, 7) is 8.34. The summed E-state index contributed by atoms with van der Waals surface area (Å²) in [5, 5.41) is 7.16. The van der Waals surface area contributed by atoms with Crippen molar-refractivity contribution >= 4 is 23.0 Å². The maximum Gasteiger partial charge on any atom is 0.170 e. The first-order valence-electron chi connectivity index (χ1n) is 6.89. The molecule has 0 radical (unpaired) electrons. The lowest BCUT2D eigenvalue weighted by Gasteiger charge is -2.18. The van der Waals surface area contributed by atoms with Gasteiger partial charge in [0.2, 0.25) is 0 Å². The smallest absolute Gasteiger partial charge is 0.170 e. The molecule has 0 amide bonds. The quantitative estimate of drug-likeness (QED) is 0.773. The molecule has 106 valence electrons. The van der Waals surface area contributed by atoms with E-state index < -0.39 is 0 Å². The molecule has 0 aliphatic carbocycles. The van der Waals surface area contributed by atoms with E-state index in [4.69, 9.17) is 17.0 Å². The van der Waals surface area contributed by atoms with Crippen LogP contribution in [0.2, 0.25) is 0 Å². The molecule has 0 aromatic heterocycles. The van der Waals surface area contributed by atoms with E-state index in [2.05, 4.69) is 24.5 Å². The molecule has 0 aliphatic heterocycles. The Hall–Kier alpha value is -1.29. The Morgan fingerprint density at radius 3 is 2.21 bits per heavy atom. The van der Waals surface area contributed by atoms with Gasteiger partial charge in [0.25, 0.3) is 0 Å². The van der Waals surface area contributed by atoms with Gasteiger partial charge in [0, 0.05) is 11.7 Å². The molecule has 0 bridgehead atoms. The Bertz CT molecular complexity index is 386. The van der Waals surface area contributed by atoms with Crippen LogP contribution in [0.1, 0.15) is 40.5 Å². The molecule has 0 saturated heterocycles. The summed E-state index contributed by atoms with van der Waals surface area (Å²) in [5.41, 5.74) is 0.972. The number of thiocarbonyl (C=S) groups is 1. The van der Waals surface area contributed by atoms with E-state index in [0.29, 0.717) is 11.2 Å². The molecule has 1 aromatic carbocycles. The van der Waals surface area contributed by atoms with Gasteiger partial charge in [-0.2, -0.15) is 0 Å². The number of nitrogens with one attached hydrogen (secondary N) is 2. The van der Waals surface area contributed by atoms with Crippen molar-refractivity contribution < 1.29 is 4.74 Å². The summed E-state index contributed by atoms with van der Waals surface area (Å²) in [7, 11) is 0. The number of ether oxygens (including phenoxy) is 1. The normalized spacial score (nSPS) is 10.6. The lowest BCUT2D eigenvalue weighted by atomic mass is 10.2. The summed E-state index contributed by atoms with van der Waals surface area (Å²) < 4.78 is 5.60. The van der Waals surface area contributed by atoms with Crippen LogP contribution in [0.15, 0.2) is 24.3 Å². The summed E-state index contributed by atoms with van der Waals surface area (Å²) in [6.07, 6.45) is 2.33. The highest BCUT2D eigenvalue weighted by molar-refractivity contribution is 7.80. The maximum absolute atomic E-state index is 5.60. The van der Waals surface area contributed by atoms with Crippen molar-refractivity contribution in [1.29, 1.82) is 0 Å². The summed E-state index contributed by atoms with van der Waals surface area (Å²) >= 11 is 5.29. The van der Waals surface area contributed by atoms with Crippen LogP contribution < -0.4 is 15.4 Å². The van der Waals surface area contributed by atoms with Gasteiger partial charge >= 0.3 is 0 Å². The van der Waals surface area contributed by atoms with Crippen molar-refractivity contribution in [2.24, 2.45) is 0 Å². The molecule has 0 aliphatic rings. The Morgan fingerprint density at radius 2 is 1.74 bits per heavy atom. The van der Waals surface area contributed by atoms with Crippen LogP contribution in [0.4, 0.5) is 5.69 Å². The van der Waals surface area contributed by atoms with Gasteiger partial charge in [0.15, 0.2) is 5.11 Å². The Labute approximate surface area is 121 Å². The molecule has 2 N–H and O–H groups in total. The fourth-order valence-electron chi connectivity index (χ4n) is 1.73. The van der Waals surface area contributed by atoms with Crippen LogP contribution in [0, 0.1) is 0 Å². The fraction of sp³-hybridized carbons (Fsp3) is 0.533. The third-order valence-corrected chi connectivity index (χ3v) is 3.02. The van der Waals surface area contributed by atoms with Gasteiger partial charge in [0.1, 0.15) is 5.75 Å². The van der Waals surface area contributed by atoms with E-state index >= 15 is 0 Å². The number of anilines is 1. The predicted molar refractivity (Wildman–Crippen MR) is 85.9 cm³/mol. The molecule has 0 atom stereocenters. The standard InChI is InChI=1S/C15H24N2OS/c1-5-12(6-2)16-15(19)17-13-7-9-14(10-8-13)18-11(3)4/h7-12H,5-6H2,1-4H3,(H2,16,17,19). The van der Waals surface area contributed by atoms with Gasteiger partial charge < -0.3 is 15.4 Å². The molecular weight excluding hydrogens is 256 g/mol. The lowest BCUT2D eigenvalue weighted by molar-refractivity contribution is 0.242. The van der Waals surface area contributed by atoms with Crippen molar-refractivity contribution in [2.75, 3.05) is 5.32 Å². The maximum atomic E-state index is 5.60. The van der Waals surface area contributed by atoms with Crippen LogP contribution in [0.5, 0.6) is 5.75 Å². The monoisotopic (exact) mass is 280 g/mol. The molecule has 0 spiro atoms. The summed E-state index contributed by atoms with van der Waals surface area (Å²) in [5.74, 6) is 0.874. The van der Waals surface area contributed by atoms with Gasteiger partial charge in [-0.25, -0.2) is 0 Å². The minimum Gasteiger partial charge on any atom is -0.491 e. The number of hydrogen-bond acceptors (Lipinski definition) is 2. The zero-order valence-corrected chi connectivity index (χ0v) is 13.0. The van der Waals surface area contributed by atoms with Crippen molar-refractivity contribution in [3.63, 3.8) is 0 Å². The highest BCUT2D eigenvalue weighted by Crippen LogP contribution is 2.16. The van der Waals surface area contributed by atoms with Gasteiger partial charge in [-0.1, -0.05) is 13.8 Å². The average molecular weight is 280 g/mol. The first-order valence-corrected chi connectivity index (χ1v) is 7.30. The second-order valence-electron chi connectivity index (χ2n) is 4.80. The first kappa shape index (κ1) is 15.8. The Morgan fingerprint density at radius 1 is 1.16 bits per heavy atom. The van der Waals surface area contributed by atoms with Crippen LogP contribution >= 0.6 is 12.2 Å². The van der Waals surface area contributed by atoms with E-state index in [-0.39, 0.29) is 6.10 Å². The zero-order valence-electron chi connectivity index (χ0n) is 12.2. The Kier molecular flexibility index (Phi) is 6.64. The van der Waals surface area contributed by atoms with E-state index in [1.54, 1.807) is 0 Å². The number of hydrogen-bond donors (Lipinski definition) is 2. The third-order valence-electron chi connectivity index (χ3n) is 2.80. The zero-order chi connectivity index (χ0) is 14.3. The van der Waals surface area contributed by atoms with Crippen LogP contribution in [-0.4, -0.2) is 17.3 Å². The minimum absolute atomic E-state index is 0.191. The number of benzene rings is 1. The van der Waals surface area contributed by atoms with Gasteiger partial charge in [-0.05, 0) is 63.2 Å². The summed E-state index contributed by atoms with van der Waals surface area (Å²) in [4.78, 5) is 0. The van der Waals surface area contributed by atoms with E-state index in [0.717, 1.165) is 24.3 Å². The SMILES string of the molecule is CCC(CC)NC(=S)Nc1ccc(OC(C)C)cc1. The minimum atomic E-state index is 0.191. The third kappa shape index (κ3) is 5.92. The van der Waals surface area contributed by atoms with Crippen molar-refractivity contribution in [1.82, 2.24) is 5.32 Å². The second kappa shape index (κ2) is 8.00. The van der Waals surface area contributed by atoms with E-state index in [1.807, 2.05) is 38.1 Å². The molecule has 1 rings (SSSR count). The van der Waals surface area contributed by atoms with E-state index in [1.165, 1.54) is 0 Å². The molecule has 0 saturated carbocycles.